The van der Waals surface area contributed by atoms with Gasteiger partial charge in [0.05, 0.1) is 44.9 Å². The number of hydrogen-bond acceptors (Lipinski definition) is 13. The molecule has 378 valence electrons. The van der Waals surface area contributed by atoms with Gasteiger partial charge in [0.25, 0.3) is 5.91 Å². The Kier molecular flexibility index (Phi) is 15.2. The zero-order valence-corrected chi connectivity index (χ0v) is 43.4. The molecule has 2 bridgehead atoms. The number of carbonyl (C=O) groups is 4. The lowest BCUT2D eigenvalue weighted by molar-refractivity contribution is -0.164. The summed E-state index contributed by atoms with van der Waals surface area (Å²) in [5.74, 6) is -0.0290. The molecule has 0 spiro atoms. The monoisotopic (exact) mass is 1010 g/mol. The fourth-order valence-electron chi connectivity index (χ4n) is 11.3. The summed E-state index contributed by atoms with van der Waals surface area (Å²) < 4.78 is 12.3. The molecule has 1 aliphatic carbocycles. The number of amides is 4. The summed E-state index contributed by atoms with van der Waals surface area (Å²) in [5.41, 5.74) is 4.09. The summed E-state index contributed by atoms with van der Waals surface area (Å²) in [7, 11) is 0. The Hall–Kier alpha value is -5.64. The molecule has 0 radical (unpaired) electrons. The molecule has 5 fully saturated rings. The molecule has 0 unspecified atom stereocenters. The van der Waals surface area contributed by atoms with Crippen molar-refractivity contribution in [1.29, 1.82) is 5.26 Å². The van der Waals surface area contributed by atoms with E-state index in [-0.39, 0.29) is 62.2 Å². The van der Waals surface area contributed by atoms with Gasteiger partial charge in [-0.3, -0.25) is 24.1 Å². The molecule has 1 saturated carbocycles. The van der Waals surface area contributed by atoms with Crippen LogP contribution in [0.4, 0.5) is 5.82 Å². The molecule has 5 atom stereocenters. The van der Waals surface area contributed by atoms with Crippen molar-refractivity contribution in [2.24, 2.45) is 16.2 Å². The molecule has 4 saturated heterocycles. The number of hydrogen-bond donors (Lipinski definition) is 4. The lowest BCUT2D eigenvalue weighted by atomic mass is 9.49. The number of nitriles is 1. The third-order valence-corrected chi connectivity index (χ3v) is 16.1. The van der Waals surface area contributed by atoms with Crippen LogP contribution in [0.3, 0.4) is 0 Å². The number of piperidine rings is 2. The normalized spacial score (nSPS) is 23.8. The number of thiazole rings is 1. The third kappa shape index (κ3) is 11.1. The molecule has 6 heterocycles. The molecule has 4 N–H and O–H groups in total. The van der Waals surface area contributed by atoms with E-state index in [9.17, 15) is 29.5 Å². The Labute approximate surface area is 425 Å². The Morgan fingerprint density at radius 1 is 0.986 bits per heavy atom. The molecule has 16 nitrogen and oxygen atoms in total. The molecule has 4 aliphatic heterocycles. The smallest absolute Gasteiger partial charge is 0.253 e. The molecule has 2 aromatic carbocycles. The highest BCUT2D eigenvalue weighted by Gasteiger charge is 2.64. The van der Waals surface area contributed by atoms with Gasteiger partial charge < -0.3 is 40.3 Å². The van der Waals surface area contributed by atoms with E-state index in [2.05, 4.69) is 64.5 Å². The Bertz CT molecular complexity index is 2630. The van der Waals surface area contributed by atoms with E-state index in [0.717, 1.165) is 53.4 Å². The number of piperazine rings is 1. The van der Waals surface area contributed by atoms with E-state index < -0.39 is 46.2 Å². The van der Waals surface area contributed by atoms with Crippen LogP contribution in [-0.4, -0.2) is 130 Å². The number of pyridine rings is 1. The minimum atomic E-state index is -0.958. The van der Waals surface area contributed by atoms with Crippen molar-refractivity contribution in [3.63, 3.8) is 0 Å². The maximum atomic E-state index is 14.1. The van der Waals surface area contributed by atoms with Gasteiger partial charge in [-0.05, 0) is 60.6 Å². The number of nitrogens with one attached hydrogen (secondary N) is 3. The highest BCUT2D eigenvalue weighted by molar-refractivity contribution is 7.13. The number of aliphatic hydroxyl groups is 1. The Morgan fingerprint density at radius 2 is 1.72 bits per heavy atom. The number of likely N-dealkylation sites (tertiary alicyclic amines) is 1. The van der Waals surface area contributed by atoms with Gasteiger partial charge in [-0.1, -0.05) is 84.3 Å². The van der Waals surface area contributed by atoms with Crippen LogP contribution in [0, 0.1) is 34.5 Å². The standard InChI is InChI=1S/C53H66ClN9O7S/c1-31-44(71-30-58-31)33-11-9-32(10-12-33)24-57-47(67)41-21-38(64)28-63(41)48(68)45(51(2,3)4)59-43(65)29-69-20-19-61-26-37-16-15-36(61)27-62(37)42-18-14-35(25-56-42)46(66)60-49-52(5,6)50(53(49,7)8)70-39-17-13-34(23-55)40(54)22-39/h9-14,17-18,22,25,30,36-38,41,45,49-50,64H,15-16,19-21,24,26-29H2,1-8H3,(H,57,67)(H,59,65)(H,60,66)/t36-,37-,38-,41+,45-,49?,50?/m1/s1. The molecule has 9 rings (SSSR count). The first-order chi connectivity index (χ1) is 33.6. The number of ether oxygens (including phenoxy) is 2. The number of anilines is 1. The third-order valence-electron chi connectivity index (χ3n) is 14.8. The fourth-order valence-corrected chi connectivity index (χ4v) is 12.3. The average Bonchev–Trinajstić information content (AvgIpc) is 3.96. The van der Waals surface area contributed by atoms with E-state index in [1.807, 2.05) is 69.6 Å². The van der Waals surface area contributed by atoms with E-state index in [1.165, 1.54) is 4.90 Å². The lowest BCUT2D eigenvalue weighted by Crippen LogP contribution is -2.74. The van der Waals surface area contributed by atoms with Crippen LogP contribution < -0.4 is 25.6 Å². The first-order valence-corrected chi connectivity index (χ1v) is 25.7. The first kappa shape index (κ1) is 51.7. The predicted molar refractivity (Wildman–Crippen MR) is 272 cm³/mol. The van der Waals surface area contributed by atoms with Crippen LogP contribution in [-0.2, 0) is 25.7 Å². The molecule has 18 heteroatoms. The van der Waals surface area contributed by atoms with Gasteiger partial charge >= 0.3 is 0 Å². The summed E-state index contributed by atoms with van der Waals surface area (Å²) in [6, 6.07) is 17.2. The van der Waals surface area contributed by atoms with Crippen molar-refractivity contribution in [1.82, 2.24) is 35.7 Å². The summed E-state index contributed by atoms with van der Waals surface area (Å²) in [5, 5.41) is 29.3. The topological polar surface area (TPSA) is 202 Å². The van der Waals surface area contributed by atoms with Gasteiger partial charge in [0.15, 0.2) is 0 Å². The fraction of sp³-hybridized carbons (Fsp3) is 0.528. The zero-order chi connectivity index (χ0) is 51.0. The quantitative estimate of drug-likeness (QED) is 0.0938. The van der Waals surface area contributed by atoms with E-state index in [0.29, 0.717) is 35.1 Å². The van der Waals surface area contributed by atoms with E-state index in [4.69, 9.17) is 26.1 Å². The number of benzene rings is 2. The van der Waals surface area contributed by atoms with Gasteiger partial charge in [-0.25, -0.2) is 9.97 Å². The molecule has 4 aromatic rings. The number of aromatic nitrogens is 2. The average molecular weight is 1010 g/mol. The number of carbonyl (C=O) groups excluding carboxylic acids is 4. The maximum Gasteiger partial charge on any atom is 0.253 e. The van der Waals surface area contributed by atoms with Crippen LogP contribution in [0.2, 0.25) is 5.02 Å². The summed E-state index contributed by atoms with van der Waals surface area (Å²) >= 11 is 7.84. The molecular weight excluding hydrogens is 942 g/mol. The van der Waals surface area contributed by atoms with Crippen LogP contribution >= 0.6 is 22.9 Å². The van der Waals surface area contributed by atoms with Gasteiger partial charge in [0.1, 0.15) is 42.4 Å². The molecule has 5 aliphatic rings. The molecular formula is C53H66ClN9O7S. The van der Waals surface area contributed by atoms with Gasteiger partial charge in [-0.2, -0.15) is 5.26 Å². The minimum Gasteiger partial charge on any atom is -0.489 e. The Morgan fingerprint density at radius 3 is 2.34 bits per heavy atom. The number of β-amino-alcohol motifs (C(OH)–C–C–N with tert-alkyl or cyclic N) is 1. The number of aryl methyl sites for hydroxylation is 1. The molecule has 71 heavy (non-hydrogen) atoms. The van der Waals surface area contributed by atoms with Crippen LogP contribution in [0.1, 0.15) is 94.9 Å². The second-order valence-corrected chi connectivity index (χ2v) is 23.0. The van der Waals surface area contributed by atoms with Gasteiger partial charge in [0, 0.05) is 80.4 Å². The number of halogens is 1. The maximum absolute atomic E-state index is 14.1. The van der Waals surface area contributed by atoms with Crippen molar-refractivity contribution in [2.75, 3.05) is 44.3 Å². The summed E-state index contributed by atoms with van der Waals surface area (Å²) in [6.07, 6.45) is 2.69. The molecule has 2 aromatic heterocycles. The first-order valence-electron chi connectivity index (χ1n) is 24.4. The van der Waals surface area contributed by atoms with E-state index >= 15 is 0 Å². The lowest BCUT2D eigenvalue weighted by Gasteiger charge is -2.63. The van der Waals surface area contributed by atoms with Crippen molar-refractivity contribution in [2.45, 2.75) is 124 Å². The molecule has 4 amide bonds. The van der Waals surface area contributed by atoms with Crippen molar-refractivity contribution in [3.8, 4) is 22.3 Å². The highest BCUT2D eigenvalue weighted by Crippen LogP contribution is 2.55. The number of rotatable bonds is 16. The SMILES string of the molecule is Cc1ncsc1-c1ccc(CNC(=O)[C@@H]2C[C@@H](O)CN2C(=O)[C@@H](NC(=O)COCCN2C[C@H]3CC[C@@H]2CN3c2ccc(C(=O)NC3C(C)(C)C(Oc4ccc(C#N)c(Cl)c4)C3(C)C)cn2)C(C)(C)C)cc1. The predicted octanol–water partition coefficient (Wildman–Crippen LogP) is 6.13. The van der Waals surface area contributed by atoms with Crippen LogP contribution in [0.15, 0.2) is 66.3 Å². The highest BCUT2D eigenvalue weighted by atomic mass is 35.5. The zero-order valence-electron chi connectivity index (χ0n) is 41.8. The van der Waals surface area contributed by atoms with Crippen molar-refractivity contribution >= 4 is 52.4 Å². The van der Waals surface area contributed by atoms with Crippen LogP contribution in [0.5, 0.6) is 5.75 Å². The van der Waals surface area contributed by atoms with E-state index in [1.54, 1.807) is 35.7 Å². The number of fused-ring (bicyclic) bond motifs is 3. The summed E-state index contributed by atoms with van der Waals surface area (Å²) in [6.45, 7) is 18.4. The van der Waals surface area contributed by atoms with Crippen LogP contribution in [0.25, 0.3) is 10.4 Å². The number of aliphatic hydroxyl groups excluding tert-OH is 1. The summed E-state index contributed by atoms with van der Waals surface area (Å²) in [4.78, 5) is 70.9. The van der Waals surface area contributed by atoms with Crippen molar-refractivity contribution in [3.05, 3.63) is 93.7 Å². The van der Waals surface area contributed by atoms with Crippen molar-refractivity contribution < 1.29 is 33.8 Å². The minimum absolute atomic E-state index is 0.0113. The largest absolute Gasteiger partial charge is 0.489 e. The number of nitrogens with zero attached hydrogens (tertiary/aromatic N) is 6. The Balaban J connectivity index is 0.779. The second kappa shape index (κ2) is 20.8. The van der Waals surface area contributed by atoms with Gasteiger partial charge in [0.2, 0.25) is 17.7 Å². The van der Waals surface area contributed by atoms with Gasteiger partial charge in [-0.15, -0.1) is 11.3 Å². The second-order valence-electron chi connectivity index (χ2n) is 21.7.